The van der Waals surface area contributed by atoms with Gasteiger partial charge in [0.05, 0.1) is 17.7 Å². The predicted octanol–water partition coefficient (Wildman–Crippen LogP) is 5.81. The molecule has 4 rings (SSSR count). The van der Waals surface area contributed by atoms with Crippen LogP contribution in [0, 0.1) is 5.82 Å². The second kappa shape index (κ2) is 13.8. The van der Waals surface area contributed by atoms with Gasteiger partial charge in [-0.15, -0.1) is 0 Å². The first-order chi connectivity index (χ1) is 20.0. The van der Waals surface area contributed by atoms with Crippen LogP contribution in [0.1, 0.15) is 38.2 Å². The standard InChI is InChI=1S/C30H32Cl2FN3O5S/c1-20(30(38)34-24-5-3-4-6-24)35(18-21-7-8-22(31)17-28(21)32)29(37)19-36(25-11-9-23(33)10-12-25)42(39,40)27-15-13-26(41-2)14-16-27/h7-17,20,24H,3-6,18-19H2,1-2H3,(H,34,38)/t20-/m1/s1. The number of ether oxygens (including phenoxy) is 1. The van der Waals surface area contributed by atoms with E-state index in [0.717, 1.165) is 42.1 Å². The van der Waals surface area contributed by atoms with E-state index < -0.39 is 34.3 Å². The van der Waals surface area contributed by atoms with Gasteiger partial charge in [0.25, 0.3) is 10.0 Å². The van der Waals surface area contributed by atoms with E-state index in [-0.39, 0.29) is 29.1 Å². The number of rotatable bonds is 11. The van der Waals surface area contributed by atoms with Crippen molar-refractivity contribution in [2.24, 2.45) is 0 Å². The molecule has 42 heavy (non-hydrogen) atoms. The number of benzene rings is 3. The zero-order valence-corrected chi connectivity index (χ0v) is 25.6. The molecule has 0 aliphatic heterocycles. The Balaban J connectivity index is 1.70. The van der Waals surface area contributed by atoms with Crippen LogP contribution >= 0.6 is 23.2 Å². The lowest BCUT2D eigenvalue weighted by atomic mass is 10.1. The van der Waals surface area contributed by atoms with Gasteiger partial charge >= 0.3 is 0 Å². The van der Waals surface area contributed by atoms with Crippen molar-refractivity contribution in [3.63, 3.8) is 0 Å². The summed E-state index contributed by atoms with van der Waals surface area (Å²) in [5.74, 6) is -1.13. The summed E-state index contributed by atoms with van der Waals surface area (Å²) in [5.41, 5.74) is 0.606. The summed E-state index contributed by atoms with van der Waals surface area (Å²) in [7, 11) is -2.85. The zero-order chi connectivity index (χ0) is 30.4. The summed E-state index contributed by atoms with van der Waals surface area (Å²) < 4.78 is 47.6. The van der Waals surface area contributed by atoms with Crippen molar-refractivity contribution < 1.29 is 27.1 Å². The molecule has 8 nitrogen and oxygen atoms in total. The average molecular weight is 637 g/mol. The predicted molar refractivity (Wildman–Crippen MR) is 161 cm³/mol. The van der Waals surface area contributed by atoms with Gasteiger partial charge in [-0.2, -0.15) is 0 Å². The number of methoxy groups -OCH3 is 1. The maximum absolute atomic E-state index is 14.0. The zero-order valence-electron chi connectivity index (χ0n) is 23.2. The van der Waals surface area contributed by atoms with Crippen LogP contribution in [0.5, 0.6) is 5.75 Å². The van der Waals surface area contributed by atoms with Gasteiger partial charge in [0, 0.05) is 22.6 Å². The molecular weight excluding hydrogens is 604 g/mol. The Morgan fingerprint density at radius 3 is 2.26 bits per heavy atom. The van der Waals surface area contributed by atoms with Crippen LogP contribution in [0.3, 0.4) is 0 Å². The van der Waals surface area contributed by atoms with Crippen LogP contribution in [-0.4, -0.2) is 50.9 Å². The summed E-state index contributed by atoms with van der Waals surface area (Å²) in [6.45, 7) is 0.854. The second-order valence-corrected chi connectivity index (χ2v) is 12.8. The van der Waals surface area contributed by atoms with Crippen LogP contribution in [0.4, 0.5) is 10.1 Å². The molecule has 1 aliphatic rings. The minimum absolute atomic E-state index is 0.0159. The van der Waals surface area contributed by atoms with Gasteiger partial charge < -0.3 is 15.0 Å². The van der Waals surface area contributed by atoms with Crippen molar-refractivity contribution in [2.45, 2.75) is 56.1 Å². The van der Waals surface area contributed by atoms with E-state index >= 15 is 0 Å². The van der Waals surface area contributed by atoms with Gasteiger partial charge in [0.1, 0.15) is 24.2 Å². The fraction of sp³-hybridized carbons (Fsp3) is 0.333. The lowest BCUT2D eigenvalue weighted by molar-refractivity contribution is -0.139. The lowest BCUT2D eigenvalue weighted by Crippen LogP contribution is -2.52. The Morgan fingerprint density at radius 2 is 1.67 bits per heavy atom. The Morgan fingerprint density at radius 1 is 1.02 bits per heavy atom. The highest BCUT2D eigenvalue weighted by molar-refractivity contribution is 7.92. The summed E-state index contributed by atoms with van der Waals surface area (Å²) in [6.07, 6.45) is 3.73. The summed E-state index contributed by atoms with van der Waals surface area (Å²) in [4.78, 5) is 28.5. The Labute approximate surface area is 255 Å². The largest absolute Gasteiger partial charge is 0.497 e. The highest BCUT2D eigenvalue weighted by atomic mass is 35.5. The third kappa shape index (κ3) is 7.53. The molecular formula is C30H32Cl2FN3O5S. The minimum Gasteiger partial charge on any atom is -0.497 e. The van der Waals surface area contributed by atoms with E-state index in [0.29, 0.717) is 21.4 Å². The number of anilines is 1. The highest BCUT2D eigenvalue weighted by Gasteiger charge is 2.33. The molecule has 12 heteroatoms. The van der Waals surface area contributed by atoms with Crippen LogP contribution < -0.4 is 14.4 Å². The number of hydrogen-bond donors (Lipinski definition) is 1. The Kier molecular flexibility index (Phi) is 10.3. The number of nitrogens with zero attached hydrogens (tertiary/aromatic N) is 2. The van der Waals surface area contributed by atoms with Crippen molar-refractivity contribution in [3.8, 4) is 5.75 Å². The monoisotopic (exact) mass is 635 g/mol. The summed E-state index contributed by atoms with van der Waals surface area (Å²) in [5, 5.41) is 3.71. The molecule has 0 radical (unpaired) electrons. The van der Waals surface area contributed by atoms with Gasteiger partial charge in [-0.05, 0) is 86.0 Å². The number of nitrogens with one attached hydrogen (secondary N) is 1. The SMILES string of the molecule is COc1ccc(S(=O)(=O)N(CC(=O)N(Cc2ccc(Cl)cc2Cl)[C@H](C)C(=O)NC2CCCC2)c2ccc(F)cc2)cc1. The van der Waals surface area contributed by atoms with Crippen LogP contribution in [0.2, 0.25) is 10.0 Å². The number of halogens is 3. The summed E-state index contributed by atoms with van der Waals surface area (Å²) in [6, 6.07) is 14.3. The molecule has 1 N–H and O–H groups in total. The number of sulfonamides is 1. The van der Waals surface area contributed by atoms with Crippen LogP contribution in [-0.2, 0) is 26.2 Å². The molecule has 0 saturated heterocycles. The van der Waals surface area contributed by atoms with Gasteiger partial charge in [-0.3, -0.25) is 13.9 Å². The van der Waals surface area contributed by atoms with Crippen molar-refractivity contribution in [1.29, 1.82) is 0 Å². The van der Waals surface area contributed by atoms with E-state index in [1.807, 2.05) is 0 Å². The van der Waals surface area contributed by atoms with Gasteiger partial charge in [0.15, 0.2) is 0 Å². The highest BCUT2D eigenvalue weighted by Crippen LogP contribution is 2.28. The molecule has 3 aromatic rings. The van der Waals surface area contributed by atoms with E-state index in [2.05, 4.69) is 5.32 Å². The van der Waals surface area contributed by atoms with Crippen molar-refractivity contribution in [3.05, 3.63) is 88.2 Å². The maximum Gasteiger partial charge on any atom is 0.264 e. The van der Waals surface area contributed by atoms with Crippen LogP contribution in [0.15, 0.2) is 71.6 Å². The smallest absolute Gasteiger partial charge is 0.264 e. The second-order valence-electron chi connectivity index (χ2n) is 10.1. The van der Waals surface area contributed by atoms with Crippen molar-refractivity contribution in [2.75, 3.05) is 18.0 Å². The van der Waals surface area contributed by atoms with Crippen molar-refractivity contribution in [1.82, 2.24) is 10.2 Å². The third-order valence-corrected chi connectivity index (χ3v) is 9.64. The summed E-state index contributed by atoms with van der Waals surface area (Å²) >= 11 is 12.5. The first-order valence-electron chi connectivity index (χ1n) is 13.5. The normalized spacial score (nSPS) is 14.3. The topological polar surface area (TPSA) is 96.0 Å². The molecule has 0 spiro atoms. The molecule has 1 saturated carbocycles. The third-order valence-electron chi connectivity index (χ3n) is 7.27. The number of hydrogen-bond acceptors (Lipinski definition) is 5. The number of carbonyl (C=O) groups is 2. The number of carbonyl (C=O) groups excluding carboxylic acids is 2. The van der Waals surface area contributed by atoms with E-state index in [1.54, 1.807) is 19.1 Å². The number of amides is 2. The van der Waals surface area contributed by atoms with E-state index in [4.69, 9.17) is 27.9 Å². The first-order valence-corrected chi connectivity index (χ1v) is 15.7. The van der Waals surface area contributed by atoms with E-state index in [9.17, 15) is 22.4 Å². The maximum atomic E-state index is 14.0. The van der Waals surface area contributed by atoms with Crippen molar-refractivity contribution >= 4 is 50.7 Å². The molecule has 1 atom stereocenters. The Hall–Kier alpha value is -3.34. The van der Waals surface area contributed by atoms with Gasteiger partial charge in [-0.1, -0.05) is 42.1 Å². The molecule has 0 heterocycles. The Bertz CT molecular complexity index is 1510. The first kappa shape index (κ1) is 31.6. The quantitative estimate of drug-likeness (QED) is 0.287. The fourth-order valence-corrected chi connectivity index (χ4v) is 6.70. The van der Waals surface area contributed by atoms with E-state index in [1.165, 1.54) is 54.5 Å². The molecule has 1 fully saturated rings. The minimum atomic E-state index is -4.31. The molecule has 1 aliphatic carbocycles. The lowest BCUT2D eigenvalue weighted by Gasteiger charge is -2.32. The molecule has 2 amide bonds. The van der Waals surface area contributed by atoms with Gasteiger partial charge in [0.2, 0.25) is 11.8 Å². The molecule has 224 valence electrons. The van der Waals surface area contributed by atoms with Gasteiger partial charge in [-0.25, -0.2) is 12.8 Å². The fourth-order valence-electron chi connectivity index (χ4n) is 4.82. The average Bonchev–Trinajstić information content (AvgIpc) is 3.48. The van der Waals surface area contributed by atoms with Crippen LogP contribution in [0.25, 0.3) is 0 Å². The molecule has 0 bridgehead atoms. The molecule has 0 aromatic heterocycles. The molecule has 0 unspecified atom stereocenters. The molecule has 3 aromatic carbocycles.